The van der Waals surface area contributed by atoms with E-state index in [-0.39, 0.29) is 5.91 Å². The van der Waals surface area contributed by atoms with E-state index in [1.165, 1.54) is 141 Å². The number of nitrogens with two attached hydrogens (primary N) is 1. The molecule has 0 saturated carbocycles. The van der Waals surface area contributed by atoms with E-state index >= 15 is 0 Å². The van der Waals surface area contributed by atoms with Crippen LogP contribution in [0.1, 0.15) is 161 Å². The lowest BCUT2D eigenvalue weighted by atomic mass is 10.0. The van der Waals surface area contributed by atoms with E-state index in [0.717, 1.165) is 6.42 Å². The van der Waals surface area contributed by atoms with Gasteiger partial charge in [-0.1, -0.05) is 148 Å². The van der Waals surface area contributed by atoms with Crippen LogP contribution in [0.25, 0.3) is 0 Å². The third-order valence-electron chi connectivity index (χ3n) is 6.03. The van der Waals surface area contributed by atoms with Crippen LogP contribution in [0.5, 0.6) is 0 Å². The van der Waals surface area contributed by atoms with Crippen LogP contribution in [0.2, 0.25) is 0 Å². The molecule has 0 aliphatic heterocycles. The molecule has 0 spiro atoms. The molecule has 0 bridgehead atoms. The van der Waals surface area contributed by atoms with E-state index in [9.17, 15) is 4.79 Å². The van der Waals surface area contributed by atoms with Gasteiger partial charge in [-0.3, -0.25) is 4.79 Å². The van der Waals surface area contributed by atoms with Crippen LogP contribution in [0.15, 0.2) is 0 Å². The van der Waals surface area contributed by atoms with E-state index in [1.807, 2.05) is 0 Å². The fourth-order valence-electron chi connectivity index (χ4n) is 4.08. The van der Waals surface area contributed by atoms with Crippen molar-refractivity contribution in [3.05, 3.63) is 0 Å². The number of hydrogen-bond donors (Lipinski definition) is 1. The summed E-state index contributed by atoms with van der Waals surface area (Å²) in [7, 11) is 0. The van der Waals surface area contributed by atoms with Crippen molar-refractivity contribution < 1.29 is 4.79 Å². The molecule has 28 heavy (non-hydrogen) atoms. The van der Waals surface area contributed by atoms with Gasteiger partial charge in [0, 0.05) is 6.42 Å². The van der Waals surface area contributed by atoms with Gasteiger partial charge in [0.05, 0.1) is 0 Å². The monoisotopic (exact) mass is 395 g/mol. The summed E-state index contributed by atoms with van der Waals surface area (Å²) in [6.45, 7) is 2.29. The van der Waals surface area contributed by atoms with Gasteiger partial charge >= 0.3 is 0 Å². The van der Waals surface area contributed by atoms with Gasteiger partial charge in [-0.15, -0.1) is 0 Å². The Bertz CT molecular complexity index is 303. The zero-order valence-electron chi connectivity index (χ0n) is 19.5. The molecule has 0 radical (unpaired) electrons. The highest BCUT2D eigenvalue weighted by Crippen LogP contribution is 2.15. The molecule has 2 nitrogen and oxygen atoms in total. The smallest absolute Gasteiger partial charge is 0.217 e. The second-order valence-electron chi connectivity index (χ2n) is 8.99. The molecule has 0 aromatic rings. The van der Waals surface area contributed by atoms with Crippen molar-refractivity contribution in [1.82, 2.24) is 0 Å². The van der Waals surface area contributed by atoms with Crippen LogP contribution in [-0.4, -0.2) is 5.91 Å². The quantitative estimate of drug-likeness (QED) is 0.163. The normalized spacial score (nSPS) is 11.2. The highest BCUT2D eigenvalue weighted by molar-refractivity contribution is 5.73. The van der Waals surface area contributed by atoms with Crippen molar-refractivity contribution in [2.24, 2.45) is 5.73 Å². The maximum Gasteiger partial charge on any atom is 0.217 e. The molecule has 2 heteroatoms. The summed E-state index contributed by atoms with van der Waals surface area (Å²) < 4.78 is 0. The largest absolute Gasteiger partial charge is 0.370 e. The van der Waals surface area contributed by atoms with E-state index in [0.29, 0.717) is 6.42 Å². The van der Waals surface area contributed by atoms with Crippen LogP contribution >= 0.6 is 0 Å². The standard InChI is InChI=1S/C26H53NO/c1-2-3-4-5-6-7-8-9-10-11-12-13-14-15-16-17-18-19-20-21-22-23-24-25-26(27)28/h2-25H2,1H3,(H2,27,28). The lowest BCUT2D eigenvalue weighted by molar-refractivity contribution is -0.118. The zero-order valence-corrected chi connectivity index (χ0v) is 19.5. The number of hydrogen-bond acceptors (Lipinski definition) is 1. The van der Waals surface area contributed by atoms with Crippen molar-refractivity contribution in [1.29, 1.82) is 0 Å². The Morgan fingerprint density at radius 2 is 0.643 bits per heavy atom. The van der Waals surface area contributed by atoms with Gasteiger partial charge in [0.15, 0.2) is 0 Å². The number of primary amides is 1. The number of rotatable bonds is 24. The second kappa shape index (κ2) is 24.5. The van der Waals surface area contributed by atoms with Gasteiger partial charge < -0.3 is 5.73 Å². The predicted molar refractivity (Wildman–Crippen MR) is 126 cm³/mol. The van der Waals surface area contributed by atoms with Crippen LogP contribution in [0, 0.1) is 0 Å². The maximum atomic E-state index is 10.6. The van der Waals surface area contributed by atoms with Crippen molar-refractivity contribution in [3.8, 4) is 0 Å². The second-order valence-corrected chi connectivity index (χ2v) is 8.99. The van der Waals surface area contributed by atoms with Crippen molar-refractivity contribution in [2.75, 3.05) is 0 Å². The van der Waals surface area contributed by atoms with Gasteiger partial charge in [0.1, 0.15) is 0 Å². The first-order chi connectivity index (χ1) is 13.8. The molecule has 0 aromatic carbocycles. The first kappa shape index (κ1) is 27.5. The number of amides is 1. The Morgan fingerprint density at radius 1 is 0.429 bits per heavy atom. The molecule has 0 heterocycles. The highest BCUT2D eigenvalue weighted by Gasteiger charge is 1.97. The van der Waals surface area contributed by atoms with Crippen LogP contribution in [0.4, 0.5) is 0 Å². The maximum absolute atomic E-state index is 10.6. The summed E-state index contributed by atoms with van der Waals surface area (Å²) in [5.41, 5.74) is 5.15. The summed E-state index contributed by atoms with van der Waals surface area (Å²) in [6, 6.07) is 0. The van der Waals surface area contributed by atoms with Crippen molar-refractivity contribution in [2.45, 2.75) is 161 Å². The molecular formula is C26H53NO. The molecule has 0 saturated heterocycles. The molecule has 0 atom stereocenters. The summed E-state index contributed by atoms with van der Waals surface area (Å²) in [6.07, 6.45) is 32.7. The Kier molecular flexibility index (Phi) is 24.0. The number of carbonyl (C=O) groups is 1. The molecule has 0 unspecified atom stereocenters. The lowest BCUT2D eigenvalue weighted by Gasteiger charge is -2.04. The average molecular weight is 396 g/mol. The van der Waals surface area contributed by atoms with Crippen LogP contribution in [-0.2, 0) is 4.79 Å². The van der Waals surface area contributed by atoms with Gasteiger partial charge in [-0.25, -0.2) is 0 Å². The lowest BCUT2D eigenvalue weighted by Crippen LogP contribution is -2.09. The highest BCUT2D eigenvalue weighted by atomic mass is 16.1. The minimum atomic E-state index is -0.150. The Morgan fingerprint density at radius 3 is 0.857 bits per heavy atom. The molecule has 0 rings (SSSR count). The fraction of sp³-hybridized carbons (Fsp3) is 0.962. The van der Waals surface area contributed by atoms with Crippen LogP contribution in [0.3, 0.4) is 0 Å². The van der Waals surface area contributed by atoms with E-state index in [2.05, 4.69) is 6.92 Å². The Labute approximate surface area is 177 Å². The van der Waals surface area contributed by atoms with Gasteiger partial charge in [-0.2, -0.15) is 0 Å². The van der Waals surface area contributed by atoms with Crippen molar-refractivity contribution in [3.63, 3.8) is 0 Å². The first-order valence-electron chi connectivity index (χ1n) is 13.1. The molecular weight excluding hydrogens is 342 g/mol. The zero-order chi connectivity index (χ0) is 20.5. The van der Waals surface area contributed by atoms with E-state index in [1.54, 1.807) is 0 Å². The molecule has 2 N–H and O–H groups in total. The van der Waals surface area contributed by atoms with Crippen LogP contribution < -0.4 is 5.73 Å². The average Bonchev–Trinajstić information content (AvgIpc) is 2.68. The molecule has 168 valence electrons. The SMILES string of the molecule is CCCCCCCCCCCCCCCCCCCCCCCCCC(N)=O. The minimum Gasteiger partial charge on any atom is -0.370 e. The van der Waals surface area contributed by atoms with E-state index in [4.69, 9.17) is 5.73 Å². The molecule has 0 aromatic heterocycles. The fourth-order valence-corrected chi connectivity index (χ4v) is 4.08. The summed E-state index contributed by atoms with van der Waals surface area (Å²) in [4.78, 5) is 10.6. The summed E-state index contributed by atoms with van der Waals surface area (Å²) >= 11 is 0. The Hall–Kier alpha value is -0.530. The van der Waals surface area contributed by atoms with Gasteiger partial charge in [0.25, 0.3) is 0 Å². The number of carbonyl (C=O) groups excluding carboxylic acids is 1. The molecule has 0 fully saturated rings. The number of unbranched alkanes of at least 4 members (excludes halogenated alkanes) is 22. The first-order valence-corrected chi connectivity index (χ1v) is 13.1. The molecule has 0 aliphatic carbocycles. The molecule has 1 amide bonds. The van der Waals surface area contributed by atoms with Crippen molar-refractivity contribution >= 4 is 5.91 Å². The summed E-state index contributed by atoms with van der Waals surface area (Å²) in [5.74, 6) is -0.150. The summed E-state index contributed by atoms with van der Waals surface area (Å²) in [5, 5.41) is 0. The minimum absolute atomic E-state index is 0.150. The van der Waals surface area contributed by atoms with Gasteiger partial charge in [0.2, 0.25) is 5.91 Å². The third kappa shape index (κ3) is 25.5. The van der Waals surface area contributed by atoms with Gasteiger partial charge in [-0.05, 0) is 6.42 Å². The predicted octanol–water partition coefficient (Wildman–Crippen LogP) is 8.85. The third-order valence-corrected chi connectivity index (χ3v) is 6.03. The van der Waals surface area contributed by atoms with E-state index < -0.39 is 0 Å². The Balaban J connectivity index is 2.99. The topological polar surface area (TPSA) is 43.1 Å². The molecule has 0 aliphatic rings.